The van der Waals surface area contributed by atoms with Gasteiger partial charge in [0, 0.05) is 5.56 Å². The van der Waals surface area contributed by atoms with Gasteiger partial charge in [0.2, 0.25) is 0 Å². The highest BCUT2D eigenvalue weighted by molar-refractivity contribution is 7.16. The highest BCUT2D eigenvalue weighted by Gasteiger charge is 2.07. The third-order valence-electron chi connectivity index (χ3n) is 1.77. The molecule has 4 heteroatoms. The Hall–Kier alpha value is -1.68. The van der Waals surface area contributed by atoms with Gasteiger partial charge in [0.1, 0.15) is 9.88 Å². The zero-order valence-electron chi connectivity index (χ0n) is 7.31. The Morgan fingerprint density at radius 2 is 2.00 bits per heavy atom. The van der Waals surface area contributed by atoms with Crippen LogP contribution in [0.25, 0.3) is 10.6 Å². The van der Waals surface area contributed by atoms with Crippen LogP contribution in [0.3, 0.4) is 0 Å². The van der Waals surface area contributed by atoms with E-state index in [2.05, 4.69) is 4.98 Å². The van der Waals surface area contributed by atoms with Crippen LogP contribution in [0.4, 0.5) is 0 Å². The summed E-state index contributed by atoms with van der Waals surface area (Å²) < 4.78 is 0. The number of nitrogens with zero attached hydrogens (tertiary/aromatic N) is 1. The summed E-state index contributed by atoms with van der Waals surface area (Å²) in [5.74, 6) is -0.426. The standard InChI is InChI=1S/C10H8N2OS/c11-9(13)8-6-12-10(14-8)7-4-2-1-3-5-7/h1-6H,(H2,11,13). The van der Waals surface area contributed by atoms with E-state index in [-0.39, 0.29) is 0 Å². The molecule has 0 unspecified atom stereocenters. The molecule has 0 aliphatic rings. The maximum Gasteiger partial charge on any atom is 0.260 e. The molecular weight excluding hydrogens is 196 g/mol. The van der Waals surface area contributed by atoms with Gasteiger partial charge in [0.15, 0.2) is 0 Å². The van der Waals surface area contributed by atoms with Gasteiger partial charge in [-0.2, -0.15) is 0 Å². The highest BCUT2D eigenvalue weighted by Crippen LogP contribution is 2.24. The first-order chi connectivity index (χ1) is 6.77. The third kappa shape index (κ3) is 1.65. The van der Waals surface area contributed by atoms with Crippen LogP contribution in [0.15, 0.2) is 36.5 Å². The first kappa shape index (κ1) is 8.90. The lowest BCUT2D eigenvalue weighted by Crippen LogP contribution is -2.08. The van der Waals surface area contributed by atoms with Crippen LogP contribution < -0.4 is 5.73 Å². The molecule has 1 heterocycles. The minimum absolute atomic E-state index is 0.426. The van der Waals surface area contributed by atoms with Crippen LogP contribution in [-0.4, -0.2) is 10.9 Å². The van der Waals surface area contributed by atoms with E-state index in [9.17, 15) is 4.79 Å². The summed E-state index contributed by atoms with van der Waals surface area (Å²) in [4.78, 5) is 15.5. The average Bonchev–Trinajstić information content (AvgIpc) is 2.68. The Kier molecular flexibility index (Phi) is 2.28. The fourth-order valence-corrected chi connectivity index (χ4v) is 1.88. The second-order valence-electron chi connectivity index (χ2n) is 2.76. The van der Waals surface area contributed by atoms with Crippen LogP contribution in [0, 0.1) is 0 Å². The lowest BCUT2D eigenvalue weighted by molar-refractivity contribution is 0.100. The van der Waals surface area contributed by atoms with Crippen LogP contribution in [0.5, 0.6) is 0 Å². The van der Waals surface area contributed by atoms with Gasteiger partial charge in [-0.15, -0.1) is 11.3 Å². The molecule has 0 fully saturated rings. The lowest BCUT2D eigenvalue weighted by Gasteiger charge is -1.92. The summed E-state index contributed by atoms with van der Waals surface area (Å²) in [5, 5.41) is 0.819. The first-order valence-electron chi connectivity index (χ1n) is 4.08. The zero-order chi connectivity index (χ0) is 9.97. The first-order valence-corrected chi connectivity index (χ1v) is 4.90. The molecule has 0 saturated carbocycles. The van der Waals surface area contributed by atoms with Crippen molar-refractivity contribution >= 4 is 17.2 Å². The van der Waals surface area contributed by atoms with Crippen molar-refractivity contribution in [2.45, 2.75) is 0 Å². The van der Waals surface area contributed by atoms with Gasteiger partial charge in [-0.3, -0.25) is 4.79 Å². The zero-order valence-corrected chi connectivity index (χ0v) is 8.12. The summed E-state index contributed by atoms with van der Waals surface area (Å²) in [6.07, 6.45) is 1.51. The number of hydrogen-bond donors (Lipinski definition) is 1. The van der Waals surface area contributed by atoms with E-state index in [0.29, 0.717) is 4.88 Å². The molecule has 2 rings (SSSR count). The van der Waals surface area contributed by atoms with Crippen molar-refractivity contribution in [3.63, 3.8) is 0 Å². The van der Waals surface area contributed by atoms with Gasteiger partial charge in [0.05, 0.1) is 6.20 Å². The molecule has 0 atom stereocenters. The number of amides is 1. The number of benzene rings is 1. The van der Waals surface area contributed by atoms with Gasteiger partial charge in [0.25, 0.3) is 5.91 Å². The summed E-state index contributed by atoms with van der Waals surface area (Å²) in [7, 11) is 0. The van der Waals surface area contributed by atoms with Crippen molar-refractivity contribution in [1.82, 2.24) is 4.98 Å². The number of primary amides is 1. The van der Waals surface area contributed by atoms with Crippen molar-refractivity contribution in [3.05, 3.63) is 41.4 Å². The fraction of sp³-hybridized carbons (Fsp3) is 0. The van der Waals surface area contributed by atoms with Crippen LogP contribution in [0.2, 0.25) is 0 Å². The largest absolute Gasteiger partial charge is 0.365 e. The van der Waals surface area contributed by atoms with Gasteiger partial charge in [-0.05, 0) is 0 Å². The fourth-order valence-electron chi connectivity index (χ4n) is 1.10. The predicted molar refractivity (Wildman–Crippen MR) is 56.1 cm³/mol. The molecule has 0 aliphatic carbocycles. The predicted octanol–water partition coefficient (Wildman–Crippen LogP) is 1.91. The van der Waals surface area contributed by atoms with E-state index in [1.807, 2.05) is 30.3 Å². The summed E-state index contributed by atoms with van der Waals surface area (Å²) in [5.41, 5.74) is 6.14. The van der Waals surface area contributed by atoms with Crippen LogP contribution in [0.1, 0.15) is 9.67 Å². The van der Waals surface area contributed by atoms with E-state index >= 15 is 0 Å². The smallest absolute Gasteiger partial charge is 0.260 e. The van der Waals surface area contributed by atoms with E-state index in [1.165, 1.54) is 17.5 Å². The maximum absolute atomic E-state index is 10.8. The molecule has 0 spiro atoms. The quantitative estimate of drug-likeness (QED) is 0.812. The molecule has 14 heavy (non-hydrogen) atoms. The lowest BCUT2D eigenvalue weighted by atomic mass is 10.2. The Bertz CT molecular complexity index is 450. The molecule has 0 radical (unpaired) electrons. The number of nitrogens with two attached hydrogens (primary N) is 1. The van der Waals surface area contributed by atoms with Gasteiger partial charge in [-0.25, -0.2) is 4.98 Å². The number of aromatic nitrogens is 1. The molecule has 0 bridgehead atoms. The molecule has 0 saturated heterocycles. The summed E-state index contributed by atoms with van der Waals surface area (Å²) >= 11 is 1.31. The Morgan fingerprint density at radius 1 is 1.29 bits per heavy atom. The minimum Gasteiger partial charge on any atom is -0.365 e. The maximum atomic E-state index is 10.8. The molecule has 1 aromatic heterocycles. The highest BCUT2D eigenvalue weighted by atomic mass is 32.1. The van der Waals surface area contributed by atoms with E-state index in [1.54, 1.807) is 0 Å². The monoisotopic (exact) mass is 204 g/mol. The Labute approximate surface area is 85.2 Å². The molecule has 1 aromatic carbocycles. The van der Waals surface area contributed by atoms with Crippen molar-refractivity contribution in [2.75, 3.05) is 0 Å². The molecule has 1 amide bonds. The van der Waals surface area contributed by atoms with Crippen molar-refractivity contribution in [1.29, 1.82) is 0 Å². The molecule has 70 valence electrons. The van der Waals surface area contributed by atoms with Gasteiger partial charge < -0.3 is 5.73 Å². The van der Waals surface area contributed by atoms with Crippen LogP contribution in [-0.2, 0) is 0 Å². The second-order valence-corrected chi connectivity index (χ2v) is 3.79. The van der Waals surface area contributed by atoms with Crippen molar-refractivity contribution in [3.8, 4) is 10.6 Å². The molecular formula is C10H8N2OS. The molecule has 3 nitrogen and oxygen atoms in total. The van der Waals surface area contributed by atoms with Gasteiger partial charge >= 0.3 is 0 Å². The number of carbonyl (C=O) groups is 1. The number of hydrogen-bond acceptors (Lipinski definition) is 3. The van der Waals surface area contributed by atoms with Crippen molar-refractivity contribution < 1.29 is 4.79 Å². The number of carbonyl (C=O) groups excluding carboxylic acids is 1. The van der Waals surface area contributed by atoms with Gasteiger partial charge in [-0.1, -0.05) is 30.3 Å². The molecule has 2 N–H and O–H groups in total. The number of thiazole rings is 1. The van der Waals surface area contributed by atoms with E-state index in [0.717, 1.165) is 10.6 Å². The Morgan fingerprint density at radius 3 is 2.57 bits per heavy atom. The average molecular weight is 204 g/mol. The SMILES string of the molecule is NC(=O)c1cnc(-c2ccccc2)s1. The summed E-state index contributed by atoms with van der Waals surface area (Å²) in [6.45, 7) is 0. The topological polar surface area (TPSA) is 56.0 Å². The van der Waals surface area contributed by atoms with E-state index < -0.39 is 5.91 Å². The second kappa shape index (κ2) is 3.59. The minimum atomic E-state index is -0.426. The molecule has 0 aliphatic heterocycles. The van der Waals surface area contributed by atoms with E-state index in [4.69, 9.17) is 5.73 Å². The van der Waals surface area contributed by atoms with Crippen molar-refractivity contribution in [2.24, 2.45) is 5.73 Å². The normalized spacial score (nSPS) is 10.0. The molecule has 2 aromatic rings. The Balaban J connectivity index is 2.39. The third-order valence-corrected chi connectivity index (χ3v) is 2.83. The summed E-state index contributed by atoms with van der Waals surface area (Å²) in [6, 6.07) is 9.70. The number of rotatable bonds is 2. The van der Waals surface area contributed by atoms with Crippen LogP contribution >= 0.6 is 11.3 Å².